The van der Waals surface area contributed by atoms with Gasteiger partial charge in [-0.1, -0.05) is 12.7 Å². The van der Waals surface area contributed by atoms with Crippen molar-refractivity contribution in [3.63, 3.8) is 0 Å². The van der Waals surface area contributed by atoms with Crippen LogP contribution in [-0.4, -0.2) is 7.11 Å². The minimum atomic E-state index is 0.835. The Morgan fingerprint density at radius 3 is 2.50 bits per heavy atom. The van der Waals surface area contributed by atoms with Crippen molar-refractivity contribution in [2.45, 2.75) is 12.8 Å². The molecule has 0 N–H and O–H groups in total. The molecular formula is C9H14O. The smallest absolute Gasteiger partial charge is 0.114 e. The molecule has 0 aliphatic heterocycles. The number of rotatable bonds is 5. The molecule has 1 nitrogen and oxygen atoms in total. The van der Waals surface area contributed by atoms with Crippen LogP contribution in [0, 0.1) is 0 Å². The highest BCUT2D eigenvalue weighted by Gasteiger charge is 1.84. The molecule has 0 unspecified atom stereocenters. The summed E-state index contributed by atoms with van der Waals surface area (Å²) in [5, 5.41) is 0. The van der Waals surface area contributed by atoms with E-state index in [1.165, 1.54) is 0 Å². The average Bonchev–Trinajstić information content (AvgIpc) is 1.99. The fourth-order valence-corrected chi connectivity index (χ4v) is 0.593. The standard InChI is InChI=1S/C9H14O/c1-4-6-7-8-9(5-2)10-3/h4-5,8H,1-2,6-7H2,3H3/b9-8+. The van der Waals surface area contributed by atoms with Crippen molar-refractivity contribution in [1.82, 2.24) is 0 Å². The first-order chi connectivity index (χ1) is 4.85. The van der Waals surface area contributed by atoms with E-state index in [1.54, 1.807) is 13.2 Å². The van der Waals surface area contributed by atoms with Crippen LogP contribution in [0.1, 0.15) is 12.8 Å². The quantitative estimate of drug-likeness (QED) is 0.245. The van der Waals surface area contributed by atoms with E-state index in [9.17, 15) is 0 Å². The molecule has 0 atom stereocenters. The van der Waals surface area contributed by atoms with Gasteiger partial charge in [0.15, 0.2) is 0 Å². The molecular weight excluding hydrogens is 124 g/mol. The Bertz CT molecular complexity index is 134. The summed E-state index contributed by atoms with van der Waals surface area (Å²) in [6.45, 7) is 7.20. The summed E-state index contributed by atoms with van der Waals surface area (Å²) in [6, 6.07) is 0. The minimum absolute atomic E-state index is 0.835. The van der Waals surface area contributed by atoms with Gasteiger partial charge >= 0.3 is 0 Å². The van der Waals surface area contributed by atoms with E-state index in [0.717, 1.165) is 18.6 Å². The average molecular weight is 138 g/mol. The Morgan fingerprint density at radius 1 is 1.40 bits per heavy atom. The number of methoxy groups -OCH3 is 1. The topological polar surface area (TPSA) is 9.23 Å². The second kappa shape index (κ2) is 6.14. The van der Waals surface area contributed by atoms with Crippen LogP contribution >= 0.6 is 0 Å². The molecule has 0 aromatic heterocycles. The molecule has 0 heterocycles. The highest BCUT2D eigenvalue weighted by molar-refractivity contribution is 5.08. The monoisotopic (exact) mass is 138 g/mol. The molecule has 0 aromatic carbocycles. The van der Waals surface area contributed by atoms with Gasteiger partial charge in [0, 0.05) is 0 Å². The molecule has 56 valence electrons. The van der Waals surface area contributed by atoms with Gasteiger partial charge in [-0.2, -0.15) is 0 Å². The first-order valence-corrected chi connectivity index (χ1v) is 3.32. The van der Waals surface area contributed by atoms with Gasteiger partial charge in [-0.3, -0.25) is 0 Å². The highest BCUT2D eigenvalue weighted by atomic mass is 16.5. The molecule has 0 saturated carbocycles. The highest BCUT2D eigenvalue weighted by Crippen LogP contribution is 2.00. The largest absolute Gasteiger partial charge is 0.497 e. The maximum Gasteiger partial charge on any atom is 0.114 e. The third kappa shape index (κ3) is 3.96. The van der Waals surface area contributed by atoms with Crippen LogP contribution in [-0.2, 0) is 4.74 Å². The van der Waals surface area contributed by atoms with Crippen molar-refractivity contribution < 1.29 is 4.74 Å². The molecule has 0 amide bonds. The fourth-order valence-electron chi connectivity index (χ4n) is 0.593. The van der Waals surface area contributed by atoms with E-state index in [4.69, 9.17) is 4.74 Å². The molecule has 0 fully saturated rings. The van der Waals surface area contributed by atoms with Gasteiger partial charge in [0.25, 0.3) is 0 Å². The van der Waals surface area contributed by atoms with Gasteiger partial charge in [0.05, 0.1) is 7.11 Å². The number of hydrogen-bond acceptors (Lipinski definition) is 1. The van der Waals surface area contributed by atoms with Crippen LogP contribution in [0.2, 0.25) is 0 Å². The van der Waals surface area contributed by atoms with Gasteiger partial charge in [-0.05, 0) is 25.0 Å². The molecule has 0 spiro atoms. The van der Waals surface area contributed by atoms with E-state index < -0.39 is 0 Å². The van der Waals surface area contributed by atoms with E-state index in [2.05, 4.69) is 13.2 Å². The lowest BCUT2D eigenvalue weighted by Gasteiger charge is -1.97. The first kappa shape index (κ1) is 9.02. The summed E-state index contributed by atoms with van der Waals surface area (Å²) in [7, 11) is 1.64. The van der Waals surface area contributed by atoms with Gasteiger partial charge in [-0.15, -0.1) is 6.58 Å². The molecule has 0 rings (SSSR count). The van der Waals surface area contributed by atoms with E-state index in [0.29, 0.717) is 0 Å². The Kier molecular flexibility index (Phi) is 5.54. The summed E-state index contributed by atoms with van der Waals surface area (Å²) >= 11 is 0. The minimum Gasteiger partial charge on any atom is -0.497 e. The lowest BCUT2D eigenvalue weighted by molar-refractivity contribution is 0.305. The van der Waals surface area contributed by atoms with Gasteiger partial charge in [0.2, 0.25) is 0 Å². The number of unbranched alkanes of at least 4 members (excludes halogenated alkanes) is 1. The summed E-state index contributed by atoms with van der Waals surface area (Å²) in [6.07, 6.45) is 7.53. The van der Waals surface area contributed by atoms with Crippen LogP contribution in [0.4, 0.5) is 0 Å². The third-order valence-corrected chi connectivity index (χ3v) is 1.15. The molecule has 10 heavy (non-hydrogen) atoms. The molecule has 0 radical (unpaired) electrons. The molecule has 0 aliphatic rings. The van der Waals surface area contributed by atoms with Crippen molar-refractivity contribution in [3.05, 3.63) is 37.1 Å². The maximum absolute atomic E-state index is 4.95. The molecule has 0 bridgehead atoms. The van der Waals surface area contributed by atoms with Crippen molar-refractivity contribution in [2.75, 3.05) is 7.11 Å². The SMILES string of the molecule is C=CCC/C=C(\C=C)OC. The third-order valence-electron chi connectivity index (χ3n) is 1.15. The van der Waals surface area contributed by atoms with Crippen molar-refractivity contribution in [3.8, 4) is 0 Å². The zero-order valence-electron chi connectivity index (χ0n) is 6.47. The predicted molar refractivity (Wildman–Crippen MR) is 44.7 cm³/mol. The summed E-state index contributed by atoms with van der Waals surface area (Å²) in [4.78, 5) is 0. The van der Waals surface area contributed by atoms with Crippen molar-refractivity contribution >= 4 is 0 Å². The second-order valence-corrected chi connectivity index (χ2v) is 1.88. The molecule has 0 aromatic rings. The number of allylic oxidation sites excluding steroid dienone is 3. The Labute approximate surface area is 62.7 Å². The summed E-state index contributed by atoms with van der Waals surface area (Å²) < 4.78 is 4.95. The van der Waals surface area contributed by atoms with Crippen LogP contribution in [0.25, 0.3) is 0 Å². The zero-order chi connectivity index (χ0) is 7.82. The fraction of sp³-hybridized carbons (Fsp3) is 0.333. The van der Waals surface area contributed by atoms with E-state index >= 15 is 0 Å². The van der Waals surface area contributed by atoms with Crippen LogP contribution < -0.4 is 0 Å². The summed E-state index contributed by atoms with van der Waals surface area (Å²) in [5.74, 6) is 0.835. The van der Waals surface area contributed by atoms with E-state index in [-0.39, 0.29) is 0 Å². The Balaban J connectivity index is 3.62. The normalized spacial score (nSPS) is 10.7. The lowest BCUT2D eigenvalue weighted by Crippen LogP contribution is -1.79. The number of ether oxygens (including phenoxy) is 1. The predicted octanol–water partition coefficient (Wildman–Crippen LogP) is 2.67. The summed E-state index contributed by atoms with van der Waals surface area (Å²) in [5.41, 5.74) is 0. The van der Waals surface area contributed by atoms with Crippen LogP contribution in [0.15, 0.2) is 37.1 Å². The Hall–Kier alpha value is -0.980. The van der Waals surface area contributed by atoms with Crippen LogP contribution in [0.3, 0.4) is 0 Å². The maximum atomic E-state index is 4.95. The lowest BCUT2D eigenvalue weighted by atomic mass is 10.3. The Morgan fingerprint density at radius 2 is 2.10 bits per heavy atom. The van der Waals surface area contributed by atoms with Crippen molar-refractivity contribution in [2.24, 2.45) is 0 Å². The van der Waals surface area contributed by atoms with Crippen molar-refractivity contribution in [1.29, 1.82) is 0 Å². The number of hydrogen-bond donors (Lipinski definition) is 0. The van der Waals surface area contributed by atoms with Crippen LogP contribution in [0.5, 0.6) is 0 Å². The van der Waals surface area contributed by atoms with Gasteiger partial charge in [-0.25, -0.2) is 0 Å². The van der Waals surface area contributed by atoms with E-state index in [1.807, 2.05) is 12.2 Å². The van der Waals surface area contributed by atoms with Gasteiger partial charge < -0.3 is 4.74 Å². The zero-order valence-corrected chi connectivity index (χ0v) is 6.47. The van der Waals surface area contributed by atoms with Gasteiger partial charge in [0.1, 0.15) is 5.76 Å². The first-order valence-electron chi connectivity index (χ1n) is 3.32. The molecule has 1 heteroatoms. The second-order valence-electron chi connectivity index (χ2n) is 1.88. The molecule has 0 saturated heterocycles. The molecule has 0 aliphatic carbocycles.